The molecule has 0 fully saturated rings. The number of hydrogen-bond acceptors (Lipinski definition) is 3. The van der Waals surface area contributed by atoms with Gasteiger partial charge in [0.05, 0.1) is 5.69 Å². The van der Waals surface area contributed by atoms with Crippen LogP contribution in [0.15, 0.2) is 59.0 Å². The molecule has 0 amide bonds. The van der Waals surface area contributed by atoms with Gasteiger partial charge in [-0.3, -0.25) is 4.90 Å². The first-order valence-corrected chi connectivity index (χ1v) is 8.52. The molecule has 0 aliphatic rings. The number of hydrogen-bond donors (Lipinski definition) is 0. The van der Waals surface area contributed by atoms with Crippen LogP contribution in [0.25, 0.3) is 11.5 Å². The SMILES string of the molecule is CCN(Cc1ccccc1)Cc1nc(-c2ccc(Cl)cc2)oc1C. The zero-order valence-corrected chi connectivity index (χ0v) is 14.8. The third kappa shape index (κ3) is 4.05. The lowest BCUT2D eigenvalue weighted by molar-refractivity contribution is 0.267. The van der Waals surface area contributed by atoms with Crippen LogP contribution in [0.3, 0.4) is 0 Å². The van der Waals surface area contributed by atoms with Crippen LogP contribution >= 0.6 is 11.6 Å². The number of aromatic nitrogens is 1. The quantitative estimate of drug-likeness (QED) is 0.607. The standard InChI is InChI=1S/C20H21ClN2O/c1-3-23(13-16-7-5-4-6-8-16)14-19-15(2)24-20(22-19)17-9-11-18(21)12-10-17/h4-12H,3,13-14H2,1-2H3. The zero-order chi connectivity index (χ0) is 16.9. The molecule has 2 aromatic carbocycles. The highest BCUT2D eigenvalue weighted by molar-refractivity contribution is 6.30. The summed E-state index contributed by atoms with van der Waals surface area (Å²) in [6.45, 7) is 6.77. The number of rotatable bonds is 6. The summed E-state index contributed by atoms with van der Waals surface area (Å²) in [5, 5.41) is 0.710. The Morgan fingerprint density at radius 1 is 1.00 bits per heavy atom. The maximum atomic E-state index is 5.94. The topological polar surface area (TPSA) is 29.3 Å². The summed E-state index contributed by atoms with van der Waals surface area (Å²) in [5.41, 5.74) is 3.23. The number of aryl methyl sites for hydroxylation is 1. The molecule has 3 nitrogen and oxygen atoms in total. The molecule has 1 heterocycles. The Hall–Kier alpha value is -2.10. The van der Waals surface area contributed by atoms with Gasteiger partial charge in [0.2, 0.25) is 5.89 Å². The summed E-state index contributed by atoms with van der Waals surface area (Å²) in [4.78, 5) is 7.04. The van der Waals surface area contributed by atoms with Gasteiger partial charge in [-0.15, -0.1) is 0 Å². The van der Waals surface area contributed by atoms with E-state index in [1.165, 1.54) is 5.56 Å². The molecule has 0 saturated carbocycles. The van der Waals surface area contributed by atoms with Crippen LogP contribution < -0.4 is 0 Å². The van der Waals surface area contributed by atoms with E-state index in [9.17, 15) is 0 Å². The molecule has 0 N–H and O–H groups in total. The van der Waals surface area contributed by atoms with E-state index in [1.807, 2.05) is 37.3 Å². The van der Waals surface area contributed by atoms with Crippen LogP contribution in [0.5, 0.6) is 0 Å². The van der Waals surface area contributed by atoms with Gasteiger partial charge >= 0.3 is 0 Å². The van der Waals surface area contributed by atoms with E-state index in [2.05, 4.69) is 41.1 Å². The minimum absolute atomic E-state index is 0.648. The van der Waals surface area contributed by atoms with E-state index < -0.39 is 0 Å². The highest BCUT2D eigenvalue weighted by Gasteiger charge is 2.14. The molecule has 124 valence electrons. The summed E-state index contributed by atoms with van der Waals surface area (Å²) in [6, 6.07) is 18.0. The van der Waals surface area contributed by atoms with Gasteiger partial charge in [-0.2, -0.15) is 0 Å². The Morgan fingerprint density at radius 2 is 1.71 bits per heavy atom. The molecule has 0 spiro atoms. The molecule has 0 unspecified atom stereocenters. The number of benzene rings is 2. The lowest BCUT2D eigenvalue weighted by Gasteiger charge is -2.19. The van der Waals surface area contributed by atoms with Gasteiger partial charge in [0.25, 0.3) is 0 Å². The normalized spacial score (nSPS) is 11.2. The van der Waals surface area contributed by atoms with Crippen molar-refractivity contribution in [2.24, 2.45) is 0 Å². The van der Waals surface area contributed by atoms with Gasteiger partial charge in [0.15, 0.2) is 0 Å². The predicted octanol–water partition coefficient (Wildman–Crippen LogP) is 5.33. The van der Waals surface area contributed by atoms with E-state index in [1.54, 1.807) is 0 Å². The van der Waals surface area contributed by atoms with Crippen LogP contribution in [0, 0.1) is 6.92 Å². The van der Waals surface area contributed by atoms with E-state index in [4.69, 9.17) is 16.0 Å². The fourth-order valence-corrected chi connectivity index (χ4v) is 2.75. The van der Waals surface area contributed by atoms with E-state index in [0.29, 0.717) is 10.9 Å². The van der Waals surface area contributed by atoms with Crippen molar-refractivity contribution >= 4 is 11.6 Å². The van der Waals surface area contributed by atoms with Crippen LogP contribution in [0.2, 0.25) is 5.02 Å². The fourth-order valence-electron chi connectivity index (χ4n) is 2.62. The van der Waals surface area contributed by atoms with Crippen molar-refractivity contribution < 1.29 is 4.42 Å². The first kappa shape index (κ1) is 16.7. The molecule has 0 aliphatic heterocycles. The maximum absolute atomic E-state index is 5.94. The van der Waals surface area contributed by atoms with Gasteiger partial charge in [-0.05, 0) is 43.3 Å². The molecule has 24 heavy (non-hydrogen) atoms. The Labute approximate surface area is 147 Å². The first-order chi connectivity index (χ1) is 11.7. The van der Waals surface area contributed by atoms with Crippen molar-refractivity contribution in [3.8, 4) is 11.5 Å². The van der Waals surface area contributed by atoms with Gasteiger partial charge in [-0.1, -0.05) is 48.9 Å². The van der Waals surface area contributed by atoms with E-state index in [-0.39, 0.29) is 0 Å². The zero-order valence-electron chi connectivity index (χ0n) is 14.0. The van der Waals surface area contributed by atoms with Gasteiger partial charge in [-0.25, -0.2) is 4.98 Å². The maximum Gasteiger partial charge on any atom is 0.226 e. The molecule has 1 aromatic heterocycles. The molecule has 0 saturated heterocycles. The van der Waals surface area contributed by atoms with Crippen molar-refractivity contribution in [3.63, 3.8) is 0 Å². The summed E-state index contributed by atoms with van der Waals surface area (Å²) in [5.74, 6) is 1.52. The third-order valence-electron chi connectivity index (χ3n) is 4.05. The lowest BCUT2D eigenvalue weighted by Crippen LogP contribution is -2.22. The average molecular weight is 341 g/mol. The van der Waals surface area contributed by atoms with Crippen LogP contribution in [-0.2, 0) is 13.1 Å². The molecule has 3 rings (SSSR count). The van der Waals surface area contributed by atoms with Crippen molar-refractivity contribution in [2.75, 3.05) is 6.54 Å². The second kappa shape index (κ2) is 7.65. The van der Waals surface area contributed by atoms with E-state index >= 15 is 0 Å². The Morgan fingerprint density at radius 3 is 2.38 bits per heavy atom. The predicted molar refractivity (Wildman–Crippen MR) is 97.9 cm³/mol. The van der Waals surface area contributed by atoms with Crippen molar-refractivity contribution in [2.45, 2.75) is 26.9 Å². The van der Waals surface area contributed by atoms with Crippen molar-refractivity contribution in [1.82, 2.24) is 9.88 Å². The Bertz CT molecular complexity index is 781. The lowest BCUT2D eigenvalue weighted by atomic mass is 10.2. The molecule has 0 bridgehead atoms. The van der Waals surface area contributed by atoms with Crippen LogP contribution in [0.4, 0.5) is 0 Å². The van der Waals surface area contributed by atoms with Crippen molar-refractivity contribution in [1.29, 1.82) is 0 Å². The van der Waals surface area contributed by atoms with Gasteiger partial charge in [0.1, 0.15) is 5.76 Å². The number of halogens is 1. The molecular weight excluding hydrogens is 320 g/mol. The molecular formula is C20H21ClN2O. The minimum Gasteiger partial charge on any atom is -0.441 e. The monoisotopic (exact) mass is 340 g/mol. The van der Waals surface area contributed by atoms with Gasteiger partial charge < -0.3 is 4.42 Å². The molecule has 3 aromatic rings. The van der Waals surface area contributed by atoms with Gasteiger partial charge in [0, 0.05) is 23.7 Å². The third-order valence-corrected chi connectivity index (χ3v) is 4.31. The Balaban J connectivity index is 1.75. The van der Waals surface area contributed by atoms with Crippen LogP contribution in [0.1, 0.15) is 23.9 Å². The number of oxazole rings is 1. The second-order valence-corrected chi connectivity index (χ2v) is 6.25. The highest BCUT2D eigenvalue weighted by atomic mass is 35.5. The van der Waals surface area contributed by atoms with Crippen LogP contribution in [-0.4, -0.2) is 16.4 Å². The van der Waals surface area contributed by atoms with Crippen molar-refractivity contribution in [3.05, 3.63) is 76.6 Å². The largest absolute Gasteiger partial charge is 0.441 e. The Kier molecular flexibility index (Phi) is 5.34. The summed E-state index contributed by atoms with van der Waals surface area (Å²) < 4.78 is 5.86. The number of nitrogens with zero attached hydrogens (tertiary/aromatic N) is 2. The molecule has 4 heteroatoms. The average Bonchev–Trinajstić information content (AvgIpc) is 2.96. The molecule has 0 atom stereocenters. The summed E-state index contributed by atoms with van der Waals surface area (Å²) in [6.07, 6.45) is 0. The minimum atomic E-state index is 0.648. The highest BCUT2D eigenvalue weighted by Crippen LogP contribution is 2.24. The first-order valence-electron chi connectivity index (χ1n) is 8.14. The summed E-state index contributed by atoms with van der Waals surface area (Å²) in [7, 11) is 0. The molecule has 0 radical (unpaired) electrons. The molecule has 0 aliphatic carbocycles. The van der Waals surface area contributed by atoms with E-state index in [0.717, 1.165) is 36.7 Å². The smallest absolute Gasteiger partial charge is 0.226 e. The summed E-state index contributed by atoms with van der Waals surface area (Å²) >= 11 is 5.94. The fraction of sp³-hybridized carbons (Fsp3) is 0.250. The second-order valence-electron chi connectivity index (χ2n) is 5.82.